The lowest BCUT2D eigenvalue weighted by molar-refractivity contribution is 0.392. The number of halogens is 1. The number of methoxy groups -OCH3 is 2. The molecular weight excluding hydrogens is 336 g/mol. The van der Waals surface area contributed by atoms with Crippen LogP contribution in [0.4, 0.5) is 0 Å². The average molecular weight is 347 g/mol. The summed E-state index contributed by atoms with van der Waals surface area (Å²) in [7, 11) is -0.959. The molecule has 0 N–H and O–H groups in total. The Labute approximate surface area is 119 Å². The first-order valence-electron chi connectivity index (χ1n) is 5.17. The molecule has 0 radical (unpaired) electrons. The lowest BCUT2D eigenvalue weighted by Gasteiger charge is -2.10. The van der Waals surface area contributed by atoms with Crippen LogP contribution in [-0.4, -0.2) is 31.8 Å². The summed E-state index contributed by atoms with van der Waals surface area (Å²) in [4.78, 5) is -0.00931. The molecule has 0 aliphatic carbocycles. The van der Waals surface area contributed by atoms with Crippen LogP contribution in [-0.2, 0) is 10.0 Å². The number of rotatable bonds is 4. The number of nitrogens with zero attached hydrogens (tertiary/aromatic N) is 2. The van der Waals surface area contributed by atoms with Crippen molar-refractivity contribution in [3.8, 4) is 11.5 Å². The van der Waals surface area contributed by atoms with Gasteiger partial charge in [-0.3, -0.25) is 0 Å². The van der Waals surface area contributed by atoms with Gasteiger partial charge in [-0.2, -0.15) is 17.6 Å². The van der Waals surface area contributed by atoms with Crippen LogP contribution in [0.25, 0.3) is 0 Å². The summed E-state index contributed by atoms with van der Waals surface area (Å²) in [5, 5.41) is 3.78. The zero-order valence-electron chi connectivity index (χ0n) is 10.2. The van der Waals surface area contributed by atoms with Crippen LogP contribution in [0.15, 0.2) is 40.0 Å². The van der Waals surface area contributed by atoms with Crippen LogP contribution >= 0.6 is 15.9 Å². The third-order valence-corrected chi connectivity index (χ3v) is 4.40. The van der Waals surface area contributed by atoms with Crippen LogP contribution in [0.1, 0.15) is 0 Å². The maximum Gasteiger partial charge on any atom is 0.286 e. The van der Waals surface area contributed by atoms with Gasteiger partial charge in [-0.05, 0) is 28.1 Å². The molecule has 1 aromatic carbocycles. The summed E-state index contributed by atoms with van der Waals surface area (Å²) < 4.78 is 36.4. The van der Waals surface area contributed by atoms with Gasteiger partial charge in [0.15, 0.2) is 0 Å². The Hall–Kier alpha value is -1.54. The van der Waals surface area contributed by atoms with Crippen LogP contribution < -0.4 is 9.47 Å². The van der Waals surface area contributed by atoms with Gasteiger partial charge in [0.2, 0.25) is 0 Å². The Balaban J connectivity index is 2.62. The third kappa shape index (κ3) is 2.59. The number of hydrogen-bond donors (Lipinski definition) is 0. The van der Waals surface area contributed by atoms with E-state index in [1.807, 2.05) is 0 Å². The molecule has 8 heteroatoms. The molecule has 2 aromatic rings. The summed E-state index contributed by atoms with van der Waals surface area (Å²) in [6, 6.07) is 4.55. The normalized spacial score (nSPS) is 11.3. The summed E-state index contributed by atoms with van der Waals surface area (Å²) in [5.41, 5.74) is 0. The lowest BCUT2D eigenvalue weighted by Crippen LogP contribution is -2.14. The standard InChI is InChI=1S/C11H11BrN2O4S/c1-17-9-3-4-10(18-2)11(5-9)19(15,16)14-7-8(12)6-13-14/h3-7H,1-2H3. The van der Waals surface area contributed by atoms with Crippen LogP contribution in [0, 0.1) is 0 Å². The molecule has 0 amide bonds. The lowest BCUT2D eigenvalue weighted by atomic mass is 10.3. The topological polar surface area (TPSA) is 70.4 Å². The first-order valence-corrected chi connectivity index (χ1v) is 7.40. The van der Waals surface area contributed by atoms with E-state index in [9.17, 15) is 8.42 Å². The van der Waals surface area contributed by atoms with Gasteiger partial charge >= 0.3 is 0 Å². The molecule has 0 saturated heterocycles. The fraction of sp³-hybridized carbons (Fsp3) is 0.182. The molecule has 6 nitrogen and oxygen atoms in total. The minimum Gasteiger partial charge on any atom is -0.497 e. The maximum absolute atomic E-state index is 12.4. The van der Waals surface area contributed by atoms with E-state index in [4.69, 9.17) is 9.47 Å². The molecule has 0 aliphatic rings. The van der Waals surface area contributed by atoms with E-state index in [2.05, 4.69) is 21.0 Å². The second kappa shape index (κ2) is 5.22. The molecule has 1 heterocycles. The fourth-order valence-corrected chi connectivity index (χ4v) is 3.22. The van der Waals surface area contributed by atoms with Gasteiger partial charge in [-0.15, -0.1) is 0 Å². The number of ether oxygens (including phenoxy) is 2. The highest BCUT2D eigenvalue weighted by Gasteiger charge is 2.23. The Kier molecular flexibility index (Phi) is 3.81. The Morgan fingerprint density at radius 3 is 2.53 bits per heavy atom. The number of hydrogen-bond acceptors (Lipinski definition) is 5. The Bertz CT molecular complexity index is 696. The predicted molar refractivity (Wildman–Crippen MR) is 72.1 cm³/mol. The molecule has 0 unspecified atom stereocenters. The molecule has 2 rings (SSSR count). The minimum atomic E-state index is -3.82. The molecule has 0 saturated carbocycles. The van der Waals surface area contributed by atoms with E-state index in [1.54, 1.807) is 6.07 Å². The summed E-state index contributed by atoms with van der Waals surface area (Å²) in [6.45, 7) is 0. The maximum atomic E-state index is 12.4. The van der Waals surface area contributed by atoms with Gasteiger partial charge in [0.25, 0.3) is 10.0 Å². The van der Waals surface area contributed by atoms with E-state index in [1.165, 1.54) is 38.7 Å². The highest BCUT2D eigenvalue weighted by atomic mass is 79.9. The van der Waals surface area contributed by atoms with Crippen LogP contribution in [0.3, 0.4) is 0 Å². The molecule has 1 aromatic heterocycles. The molecule has 0 aliphatic heterocycles. The largest absolute Gasteiger partial charge is 0.497 e. The van der Waals surface area contributed by atoms with Crippen molar-refractivity contribution in [2.75, 3.05) is 14.2 Å². The molecule has 0 spiro atoms. The van der Waals surface area contributed by atoms with Crippen molar-refractivity contribution in [3.63, 3.8) is 0 Å². The van der Waals surface area contributed by atoms with Crippen LogP contribution in [0.2, 0.25) is 0 Å². The third-order valence-electron chi connectivity index (χ3n) is 2.42. The van der Waals surface area contributed by atoms with Crippen molar-refractivity contribution in [2.24, 2.45) is 0 Å². The monoisotopic (exact) mass is 346 g/mol. The molecule has 102 valence electrons. The summed E-state index contributed by atoms with van der Waals surface area (Å²) in [5.74, 6) is 0.651. The van der Waals surface area contributed by atoms with Gasteiger partial charge in [-0.25, -0.2) is 0 Å². The van der Waals surface area contributed by atoms with Crippen LogP contribution in [0.5, 0.6) is 11.5 Å². The predicted octanol–water partition coefficient (Wildman–Crippen LogP) is 1.90. The van der Waals surface area contributed by atoms with E-state index in [0.717, 1.165) is 4.09 Å². The van der Waals surface area contributed by atoms with Crippen molar-refractivity contribution in [3.05, 3.63) is 35.1 Å². The van der Waals surface area contributed by atoms with Gasteiger partial charge < -0.3 is 9.47 Å². The highest BCUT2D eigenvalue weighted by Crippen LogP contribution is 2.29. The molecule has 0 bridgehead atoms. The van der Waals surface area contributed by atoms with E-state index >= 15 is 0 Å². The smallest absolute Gasteiger partial charge is 0.286 e. The first kappa shape index (κ1) is 13.9. The quantitative estimate of drug-likeness (QED) is 0.845. The summed E-state index contributed by atoms with van der Waals surface area (Å²) in [6.07, 6.45) is 2.75. The Morgan fingerprint density at radius 1 is 1.26 bits per heavy atom. The second-order valence-electron chi connectivity index (χ2n) is 3.55. The van der Waals surface area contributed by atoms with Gasteiger partial charge in [-0.1, -0.05) is 0 Å². The molecule has 0 atom stereocenters. The number of benzene rings is 1. The minimum absolute atomic E-state index is 0.00931. The second-order valence-corrected chi connectivity index (χ2v) is 6.23. The van der Waals surface area contributed by atoms with Gasteiger partial charge in [0.1, 0.15) is 16.4 Å². The summed E-state index contributed by atoms with van der Waals surface area (Å²) >= 11 is 3.16. The molecular formula is C11H11BrN2O4S. The van der Waals surface area contributed by atoms with Crippen molar-refractivity contribution in [1.29, 1.82) is 0 Å². The molecule has 0 fully saturated rings. The fourth-order valence-electron chi connectivity index (χ4n) is 1.50. The zero-order chi connectivity index (χ0) is 14.0. The SMILES string of the molecule is COc1ccc(OC)c(S(=O)(=O)n2cc(Br)cn2)c1. The average Bonchev–Trinajstić information content (AvgIpc) is 2.85. The van der Waals surface area contributed by atoms with Gasteiger partial charge in [0.05, 0.1) is 31.1 Å². The van der Waals surface area contributed by atoms with Crippen molar-refractivity contribution in [2.45, 2.75) is 4.90 Å². The zero-order valence-corrected chi connectivity index (χ0v) is 12.6. The van der Waals surface area contributed by atoms with Crippen molar-refractivity contribution >= 4 is 26.0 Å². The number of aromatic nitrogens is 2. The van der Waals surface area contributed by atoms with Crippen molar-refractivity contribution < 1.29 is 17.9 Å². The first-order chi connectivity index (χ1) is 8.98. The van der Waals surface area contributed by atoms with E-state index in [0.29, 0.717) is 10.2 Å². The molecule has 19 heavy (non-hydrogen) atoms. The highest BCUT2D eigenvalue weighted by molar-refractivity contribution is 9.10. The van der Waals surface area contributed by atoms with E-state index < -0.39 is 10.0 Å². The Morgan fingerprint density at radius 2 is 2.00 bits per heavy atom. The van der Waals surface area contributed by atoms with Gasteiger partial charge in [0, 0.05) is 6.07 Å². The van der Waals surface area contributed by atoms with E-state index in [-0.39, 0.29) is 10.6 Å². The van der Waals surface area contributed by atoms with Crippen molar-refractivity contribution in [1.82, 2.24) is 9.19 Å².